The van der Waals surface area contributed by atoms with Gasteiger partial charge in [-0.25, -0.2) is 15.0 Å². The Kier molecular flexibility index (Phi) is 6.78. The fourth-order valence-electron chi connectivity index (χ4n) is 7.30. The van der Waals surface area contributed by atoms with Crippen LogP contribution in [-0.4, -0.2) is 15.0 Å². The maximum Gasteiger partial charge on any atom is 0.164 e. The Bertz CT molecular complexity index is 2910. The molecule has 4 heteroatoms. The van der Waals surface area contributed by atoms with E-state index in [0.29, 0.717) is 17.5 Å². The quantitative estimate of drug-likeness (QED) is 0.186. The summed E-state index contributed by atoms with van der Waals surface area (Å²) in [6.07, 6.45) is 0. The fraction of sp³-hybridized carbons (Fsp3) is 0. The first-order valence-corrected chi connectivity index (χ1v) is 17.1. The Morgan fingerprint density at radius 1 is 0.333 bits per heavy atom. The lowest BCUT2D eigenvalue weighted by Crippen LogP contribution is -2.01. The molecule has 0 aliphatic carbocycles. The standard InChI is InChI=1S/C47H29N3O/c1-3-14-31(15-4-1)35-25-27-39(43-41-21-11-12-22-42(41)51-44(35)43)38-26-28-40(37-20-10-9-19-36(37)38)47-49-45(32-16-5-2-6-17-32)48-46(50-47)34-24-23-30-13-7-8-18-33(30)29-34/h1-29H. The van der Waals surface area contributed by atoms with E-state index in [1.54, 1.807) is 0 Å². The minimum absolute atomic E-state index is 0.632. The molecule has 0 N–H and O–H groups in total. The molecule has 51 heavy (non-hydrogen) atoms. The van der Waals surface area contributed by atoms with Crippen molar-refractivity contribution in [2.24, 2.45) is 0 Å². The Labute approximate surface area is 294 Å². The van der Waals surface area contributed by atoms with Crippen molar-refractivity contribution < 1.29 is 4.42 Å². The molecule has 10 aromatic rings. The number of hydrogen-bond donors (Lipinski definition) is 0. The van der Waals surface area contributed by atoms with Crippen LogP contribution >= 0.6 is 0 Å². The van der Waals surface area contributed by atoms with Crippen LogP contribution < -0.4 is 0 Å². The van der Waals surface area contributed by atoms with Gasteiger partial charge in [-0.3, -0.25) is 0 Å². The highest BCUT2D eigenvalue weighted by atomic mass is 16.3. The first-order valence-electron chi connectivity index (χ1n) is 17.1. The number of benzene rings is 8. The van der Waals surface area contributed by atoms with Crippen molar-refractivity contribution in [1.82, 2.24) is 15.0 Å². The van der Waals surface area contributed by atoms with E-state index in [9.17, 15) is 0 Å². The molecule has 0 amide bonds. The molecule has 0 spiro atoms. The third-order valence-corrected chi connectivity index (χ3v) is 9.74. The predicted molar refractivity (Wildman–Crippen MR) is 209 cm³/mol. The van der Waals surface area contributed by atoms with Gasteiger partial charge in [-0.2, -0.15) is 0 Å². The van der Waals surface area contributed by atoms with Gasteiger partial charge in [0.2, 0.25) is 0 Å². The Morgan fingerprint density at radius 3 is 1.67 bits per heavy atom. The molecule has 0 aliphatic rings. The Hall–Kier alpha value is -6.91. The SMILES string of the molecule is c1ccc(-c2nc(-c3ccc4ccccc4c3)nc(-c3ccc(-c4ccc(-c5ccccc5)c5oc6ccccc6c45)c4ccccc34)n2)cc1. The van der Waals surface area contributed by atoms with Gasteiger partial charge < -0.3 is 4.42 Å². The maximum atomic E-state index is 6.62. The summed E-state index contributed by atoms with van der Waals surface area (Å²) in [7, 11) is 0. The second-order valence-corrected chi connectivity index (χ2v) is 12.8. The summed E-state index contributed by atoms with van der Waals surface area (Å²) in [5.41, 5.74) is 9.04. The van der Waals surface area contributed by atoms with Gasteiger partial charge in [0.25, 0.3) is 0 Å². The molecule has 0 saturated carbocycles. The highest BCUT2D eigenvalue weighted by Crippen LogP contribution is 2.44. The molecule has 10 rings (SSSR count). The van der Waals surface area contributed by atoms with E-state index in [1.807, 2.05) is 48.5 Å². The van der Waals surface area contributed by atoms with Gasteiger partial charge in [0.15, 0.2) is 17.5 Å². The molecule has 4 nitrogen and oxygen atoms in total. The van der Waals surface area contributed by atoms with E-state index in [0.717, 1.165) is 77.0 Å². The fourth-order valence-corrected chi connectivity index (χ4v) is 7.30. The van der Waals surface area contributed by atoms with Gasteiger partial charge in [-0.1, -0.05) is 152 Å². The second kappa shape index (κ2) is 11.9. The molecular weight excluding hydrogens is 623 g/mol. The van der Waals surface area contributed by atoms with Crippen LogP contribution in [0.25, 0.3) is 99.9 Å². The summed E-state index contributed by atoms with van der Waals surface area (Å²) < 4.78 is 6.62. The van der Waals surface area contributed by atoms with Crippen molar-refractivity contribution in [3.05, 3.63) is 176 Å². The zero-order valence-electron chi connectivity index (χ0n) is 27.5. The normalized spacial score (nSPS) is 11.5. The summed E-state index contributed by atoms with van der Waals surface area (Å²) in [5, 5.41) is 6.70. The number of aromatic nitrogens is 3. The third-order valence-electron chi connectivity index (χ3n) is 9.74. The van der Waals surface area contributed by atoms with Crippen LogP contribution in [-0.2, 0) is 0 Å². The van der Waals surface area contributed by atoms with Gasteiger partial charge in [0.1, 0.15) is 11.2 Å². The lowest BCUT2D eigenvalue weighted by atomic mass is 9.90. The second-order valence-electron chi connectivity index (χ2n) is 12.8. The molecule has 0 fully saturated rings. The molecule has 0 atom stereocenters. The monoisotopic (exact) mass is 651 g/mol. The lowest BCUT2D eigenvalue weighted by molar-refractivity contribution is 0.670. The molecule has 8 aromatic carbocycles. The third kappa shape index (κ3) is 4.96. The van der Waals surface area contributed by atoms with E-state index in [-0.39, 0.29) is 0 Å². The largest absolute Gasteiger partial charge is 0.455 e. The molecule has 0 radical (unpaired) electrons. The number of para-hydroxylation sites is 1. The van der Waals surface area contributed by atoms with Gasteiger partial charge >= 0.3 is 0 Å². The number of fused-ring (bicyclic) bond motifs is 5. The molecule has 0 unspecified atom stereocenters. The van der Waals surface area contributed by atoms with Gasteiger partial charge in [0, 0.05) is 33.0 Å². The molecule has 0 saturated heterocycles. The highest BCUT2D eigenvalue weighted by molar-refractivity contribution is 6.19. The molecule has 238 valence electrons. The number of rotatable bonds is 5. The van der Waals surface area contributed by atoms with Crippen molar-refractivity contribution in [1.29, 1.82) is 0 Å². The average molecular weight is 652 g/mol. The summed E-state index contributed by atoms with van der Waals surface area (Å²) in [4.78, 5) is 15.3. The van der Waals surface area contributed by atoms with E-state index in [1.165, 1.54) is 5.39 Å². The molecular formula is C47H29N3O. The zero-order valence-corrected chi connectivity index (χ0v) is 27.5. The first kappa shape index (κ1) is 29.0. The minimum atomic E-state index is 0.632. The maximum absolute atomic E-state index is 6.62. The summed E-state index contributed by atoms with van der Waals surface area (Å²) in [6, 6.07) is 61.0. The summed E-state index contributed by atoms with van der Waals surface area (Å²) in [5.74, 6) is 1.91. The van der Waals surface area contributed by atoms with Crippen molar-refractivity contribution in [3.63, 3.8) is 0 Å². The van der Waals surface area contributed by atoms with Crippen molar-refractivity contribution in [2.45, 2.75) is 0 Å². The van der Waals surface area contributed by atoms with Crippen molar-refractivity contribution >= 4 is 43.5 Å². The van der Waals surface area contributed by atoms with E-state index < -0.39 is 0 Å². The predicted octanol–water partition coefficient (Wildman–Crippen LogP) is 12.4. The van der Waals surface area contributed by atoms with Crippen molar-refractivity contribution in [3.8, 4) is 56.4 Å². The molecule has 2 aromatic heterocycles. The average Bonchev–Trinajstić information content (AvgIpc) is 3.60. The topological polar surface area (TPSA) is 51.8 Å². The van der Waals surface area contributed by atoms with Crippen LogP contribution in [0.3, 0.4) is 0 Å². The number of furan rings is 1. The molecule has 0 aliphatic heterocycles. The van der Waals surface area contributed by atoms with Gasteiger partial charge in [-0.15, -0.1) is 0 Å². The van der Waals surface area contributed by atoms with E-state index in [4.69, 9.17) is 19.4 Å². The Morgan fingerprint density at radius 2 is 0.882 bits per heavy atom. The van der Waals surface area contributed by atoms with Gasteiger partial charge in [0.05, 0.1) is 0 Å². The van der Waals surface area contributed by atoms with Crippen LogP contribution in [0, 0.1) is 0 Å². The number of nitrogens with zero attached hydrogens (tertiary/aromatic N) is 3. The summed E-state index contributed by atoms with van der Waals surface area (Å²) >= 11 is 0. The van der Waals surface area contributed by atoms with Crippen LogP contribution in [0.15, 0.2) is 180 Å². The number of hydrogen-bond acceptors (Lipinski definition) is 4. The molecule has 0 bridgehead atoms. The summed E-state index contributed by atoms with van der Waals surface area (Å²) in [6.45, 7) is 0. The highest BCUT2D eigenvalue weighted by Gasteiger charge is 2.20. The van der Waals surface area contributed by atoms with E-state index >= 15 is 0 Å². The van der Waals surface area contributed by atoms with Crippen LogP contribution in [0.1, 0.15) is 0 Å². The first-order chi connectivity index (χ1) is 25.3. The lowest BCUT2D eigenvalue weighted by Gasteiger charge is -2.14. The zero-order chi connectivity index (χ0) is 33.7. The van der Waals surface area contributed by atoms with Gasteiger partial charge in [-0.05, 0) is 62.5 Å². The minimum Gasteiger partial charge on any atom is -0.455 e. The van der Waals surface area contributed by atoms with Crippen LogP contribution in [0.2, 0.25) is 0 Å². The Balaban J connectivity index is 1.20. The molecule has 2 heterocycles. The van der Waals surface area contributed by atoms with Crippen LogP contribution in [0.5, 0.6) is 0 Å². The van der Waals surface area contributed by atoms with Crippen molar-refractivity contribution in [2.75, 3.05) is 0 Å². The van der Waals surface area contributed by atoms with E-state index in [2.05, 4.69) is 127 Å². The van der Waals surface area contributed by atoms with Crippen LogP contribution in [0.4, 0.5) is 0 Å². The smallest absolute Gasteiger partial charge is 0.164 e.